The van der Waals surface area contributed by atoms with Crippen LogP contribution in [0.1, 0.15) is 51.0 Å². The van der Waals surface area contributed by atoms with E-state index in [1.165, 1.54) is 44.1 Å². The predicted molar refractivity (Wildman–Crippen MR) is 105 cm³/mol. The summed E-state index contributed by atoms with van der Waals surface area (Å²) in [5, 5.41) is 3.63. The molecule has 3 rings (SSSR count). The fraction of sp³-hybridized carbons (Fsp3) is 0.429. The highest BCUT2D eigenvalue weighted by molar-refractivity contribution is 5.76. The number of hydrogen-bond donors (Lipinski definition) is 1. The number of pyridine rings is 2. The zero-order valence-corrected chi connectivity index (χ0v) is 15.3. The molecule has 0 fully saturated rings. The molecule has 132 valence electrons. The fourth-order valence-electron chi connectivity index (χ4n) is 3.14. The van der Waals surface area contributed by atoms with Crippen LogP contribution >= 0.6 is 0 Å². The molecule has 0 aliphatic rings. The van der Waals surface area contributed by atoms with Gasteiger partial charge in [0.1, 0.15) is 17.2 Å². The number of unbranched alkanes of at least 4 members (excludes halogenated alkanes) is 5. The van der Waals surface area contributed by atoms with Crippen molar-refractivity contribution in [2.75, 3.05) is 11.9 Å². The minimum Gasteiger partial charge on any atom is -0.369 e. The highest BCUT2D eigenvalue weighted by Crippen LogP contribution is 2.28. The van der Waals surface area contributed by atoms with Gasteiger partial charge >= 0.3 is 0 Å². The molecule has 4 nitrogen and oxygen atoms in total. The Hall–Kier alpha value is -2.36. The number of aryl methyl sites for hydroxylation is 1. The molecule has 25 heavy (non-hydrogen) atoms. The first kappa shape index (κ1) is 17.5. The summed E-state index contributed by atoms with van der Waals surface area (Å²) >= 11 is 0. The lowest BCUT2D eigenvalue weighted by molar-refractivity contribution is 0.616. The van der Waals surface area contributed by atoms with Gasteiger partial charge in [0.25, 0.3) is 0 Å². The second-order valence-corrected chi connectivity index (χ2v) is 6.67. The summed E-state index contributed by atoms with van der Waals surface area (Å²) in [6.07, 6.45) is 13.6. The molecular formula is C21H28N4. The van der Waals surface area contributed by atoms with E-state index in [0.29, 0.717) is 0 Å². The van der Waals surface area contributed by atoms with Gasteiger partial charge in [0.15, 0.2) is 0 Å². The first-order chi connectivity index (χ1) is 12.3. The third-order valence-corrected chi connectivity index (χ3v) is 4.56. The Kier molecular flexibility index (Phi) is 6.04. The Labute approximate surface area is 150 Å². The van der Waals surface area contributed by atoms with Crippen molar-refractivity contribution in [3.63, 3.8) is 0 Å². The summed E-state index contributed by atoms with van der Waals surface area (Å²) in [5.41, 5.74) is 4.30. The Bertz CT molecular complexity index is 792. The largest absolute Gasteiger partial charge is 0.369 e. The van der Waals surface area contributed by atoms with Crippen molar-refractivity contribution in [1.82, 2.24) is 14.4 Å². The number of fused-ring (bicyclic) bond motifs is 1. The zero-order valence-electron chi connectivity index (χ0n) is 15.3. The third-order valence-electron chi connectivity index (χ3n) is 4.56. The van der Waals surface area contributed by atoms with Crippen LogP contribution < -0.4 is 5.32 Å². The number of nitrogens with one attached hydrogen (secondary N) is 1. The third kappa shape index (κ3) is 4.38. The Morgan fingerprint density at radius 3 is 2.56 bits per heavy atom. The molecule has 0 saturated carbocycles. The molecule has 0 aromatic carbocycles. The second kappa shape index (κ2) is 8.65. The lowest BCUT2D eigenvalue weighted by Crippen LogP contribution is -2.05. The van der Waals surface area contributed by atoms with Gasteiger partial charge in [-0.2, -0.15) is 0 Å². The quantitative estimate of drug-likeness (QED) is 0.526. The number of rotatable bonds is 9. The van der Waals surface area contributed by atoms with Gasteiger partial charge in [0.05, 0.1) is 0 Å². The maximum Gasteiger partial charge on any atom is 0.139 e. The molecule has 1 N–H and O–H groups in total. The van der Waals surface area contributed by atoms with Crippen LogP contribution in [0.3, 0.4) is 0 Å². The van der Waals surface area contributed by atoms with Gasteiger partial charge in [0, 0.05) is 30.7 Å². The summed E-state index contributed by atoms with van der Waals surface area (Å²) in [6, 6.07) is 8.29. The molecule has 0 unspecified atom stereocenters. The van der Waals surface area contributed by atoms with E-state index in [4.69, 9.17) is 4.98 Å². The normalized spacial score (nSPS) is 11.1. The second-order valence-electron chi connectivity index (χ2n) is 6.67. The molecule has 3 heterocycles. The summed E-state index contributed by atoms with van der Waals surface area (Å²) in [6.45, 7) is 5.34. The van der Waals surface area contributed by atoms with E-state index in [1.807, 2.05) is 24.5 Å². The Morgan fingerprint density at radius 1 is 1.00 bits per heavy atom. The summed E-state index contributed by atoms with van der Waals surface area (Å²) in [4.78, 5) is 8.98. The number of hydrogen-bond acceptors (Lipinski definition) is 3. The molecular weight excluding hydrogens is 308 g/mol. The molecule has 0 aliphatic heterocycles. The lowest BCUT2D eigenvalue weighted by atomic mass is 10.1. The number of anilines is 1. The first-order valence-electron chi connectivity index (χ1n) is 9.42. The Morgan fingerprint density at radius 2 is 1.76 bits per heavy atom. The lowest BCUT2D eigenvalue weighted by Gasteiger charge is -2.09. The van der Waals surface area contributed by atoms with E-state index in [1.54, 1.807) is 0 Å². The van der Waals surface area contributed by atoms with E-state index in [0.717, 1.165) is 29.3 Å². The van der Waals surface area contributed by atoms with Crippen LogP contribution in [0.15, 0.2) is 42.9 Å². The van der Waals surface area contributed by atoms with Crippen molar-refractivity contribution in [3.05, 3.63) is 48.4 Å². The average Bonchev–Trinajstić information content (AvgIpc) is 2.99. The maximum atomic E-state index is 4.86. The van der Waals surface area contributed by atoms with Crippen LogP contribution in [0.5, 0.6) is 0 Å². The molecule has 3 aromatic heterocycles. The van der Waals surface area contributed by atoms with Gasteiger partial charge in [-0.25, -0.2) is 4.98 Å². The van der Waals surface area contributed by atoms with Crippen LogP contribution in [0.4, 0.5) is 5.82 Å². The predicted octanol–water partition coefficient (Wildman–Crippen LogP) is 5.48. The molecule has 4 heteroatoms. The van der Waals surface area contributed by atoms with Crippen LogP contribution in [0.2, 0.25) is 0 Å². The minimum absolute atomic E-state index is 0.978. The molecule has 0 radical (unpaired) electrons. The SMILES string of the molecule is CCCCCCCCNc1c(-c2ccncc2)nc2cc(C)ccn12. The van der Waals surface area contributed by atoms with E-state index < -0.39 is 0 Å². The van der Waals surface area contributed by atoms with Gasteiger partial charge < -0.3 is 5.32 Å². The van der Waals surface area contributed by atoms with Crippen molar-refractivity contribution >= 4 is 11.5 Å². The molecule has 0 bridgehead atoms. The average molecular weight is 336 g/mol. The minimum atomic E-state index is 0.978. The fourth-order valence-corrected chi connectivity index (χ4v) is 3.14. The summed E-state index contributed by atoms with van der Waals surface area (Å²) in [7, 11) is 0. The van der Waals surface area contributed by atoms with Gasteiger partial charge in [-0.15, -0.1) is 0 Å². The molecule has 0 amide bonds. The zero-order chi connectivity index (χ0) is 17.5. The van der Waals surface area contributed by atoms with Crippen LogP contribution in [0, 0.1) is 6.92 Å². The molecule has 3 aromatic rings. The summed E-state index contributed by atoms with van der Waals surface area (Å²) < 4.78 is 2.15. The first-order valence-corrected chi connectivity index (χ1v) is 9.42. The van der Waals surface area contributed by atoms with Gasteiger partial charge in [-0.3, -0.25) is 9.38 Å². The highest BCUT2D eigenvalue weighted by atomic mass is 15.1. The van der Waals surface area contributed by atoms with Crippen molar-refractivity contribution < 1.29 is 0 Å². The van der Waals surface area contributed by atoms with Crippen molar-refractivity contribution in [1.29, 1.82) is 0 Å². The number of imidazole rings is 1. The van der Waals surface area contributed by atoms with Gasteiger partial charge in [-0.1, -0.05) is 39.0 Å². The van der Waals surface area contributed by atoms with Crippen LogP contribution in [0.25, 0.3) is 16.9 Å². The number of nitrogens with zero attached hydrogens (tertiary/aromatic N) is 3. The number of aromatic nitrogens is 3. The molecule has 0 spiro atoms. The van der Waals surface area contributed by atoms with Crippen LogP contribution in [-0.2, 0) is 0 Å². The van der Waals surface area contributed by atoms with Crippen molar-refractivity contribution in [2.24, 2.45) is 0 Å². The van der Waals surface area contributed by atoms with Gasteiger partial charge in [-0.05, 0) is 43.2 Å². The molecule has 0 atom stereocenters. The van der Waals surface area contributed by atoms with E-state index in [2.05, 4.69) is 46.9 Å². The van der Waals surface area contributed by atoms with Crippen molar-refractivity contribution in [3.8, 4) is 11.3 Å². The monoisotopic (exact) mass is 336 g/mol. The summed E-state index contributed by atoms with van der Waals surface area (Å²) in [5.74, 6) is 1.08. The Balaban J connectivity index is 1.75. The standard InChI is InChI=1S/C21H28N4/c1-3-4-5-6-7-8-12-23-21-20(18-9-13-22-14-10-18)24-19-16-17(2)11-15-25(19)21/h9-11,13-16,23H,3-8,12H2,1-2H3. The van der Waals surface area contributed by atoms with E-state index >= 15 is 0 Å². The van der Waals surface area contributed by atoms with E-state index in [9.17, 15) is 0 Å². The highest BCUT2D eigenvalue weighted by Gasteiger charge is 2.13. The van der Waals surface area contributed by atoms with Crippen molar-refractivity contribution in [2.45, 2.75) is 52.4 Å². The van der Waals surface area contributed by atoms with E-state index in [-0.39, 0.29) is 0 Å². The molecule has 0 aliphatic carbocycles. The van der Waals surface area contributed by atoms with Crippen LogP contribution in [-0.4, -0.2) is 20.9 Å². The molecule has 0 saturated heterocycles. The van der Waals surface area contributed by atoms with Gasteiger partial charge in [0.2, 0.25) is 0 Å². The smallest absolute Gasteiger partial charge is 0.139 e. The maximum absolute atomic E-state index is 4.86. The topological polar surface area (TPSA) is 42.2 Å².